The van der Waals surface area contributed by atoms with E-state index in [1.54, 1.807) is 42.5 Å². The maximum atomic E-state index is 12.3. The van der Waals surface area contributed by atoms with Gasteiger partial charge < -0.3 is 15.7 Å². The van der Waals surface area contributed by atoms with Gasteiger partial charge in [-0.05, 0) is 42.8 Å². The summed E-state index contributed by atoms with van der Waals surface area (Å²) >= 11 is 0. The van der Waals surface area contributed by atoms with Crippen molar-refractivity contribution in [2.45, 2.75) is 24.3 Å². The lowest BCUT2D eigenvalue weighted by Gasteiger charge is -2.14. The third-order valence-electron chi connectivity index (χ3n) is 3.67. The summed E-state index contributed by atoms with van der Waals surface area (Å²) in [5.41, 5.74) is 0.798. The van der Waals surface area contributed by atoms with Crippen molar-refractivity contribution in [1.82, 2.24) is 5.32 Å². The maximum absolute atomic E-state index is 12.3. The van der Waals surface area contributed by atoms with E-state index in [-0.39, 0.29) is 23.6 Å². The molecular weight excluding hydrogens is 368 g/mol. The summed E-state index contributed by atoms with van der Waals surface area (Å²) in [5, 5.41) is 14.4. The van der Waals surface area contributed by atoms with Crippen LogP contribution in [0, 0.1) is 0 Å². The van der Waals surface area contributed by atoms with Crippen molar-refractivity contribution >= 4 is 34.3 Å². The Balaban J connectivity index is 1.96. The molecule has 142 valence electrons. The van der Waals surface area contributed by atoms with Gasteiger partial charge in [0.15, 0.2) is 0 Å². The minimum absolute atomic E-state index is 0.0343. The van der Waals surface area contributed by atoms with Crippen molar-refractivity contribution in [3.8, 4) is 0 Å². The average molecular weight is 388 g/mol. The first-order valence-electron chi connectivity index (χ1n) is 8.21. The summed E-state index contributed by atoms with van der Waals surface area (Å²) in [4.78, 5) is 35.3. The van der Waals surface area contributed by atoms with Crippen LogP contribution >= 0.6 is 0 Å². The van der Waals surface area contributed by atoms with Gasteiger partial charge in [-0.3, -0.25) is 13.8 Å². The molecule has 0 unspecified atom stereocenters. The second-order valence-corrected chi connectivity index (χ2v) is 7.34. The number of carbonyl (C=O) groups is 3. The Morgan fingerprint density at radius 2 is 1.67 bits per heavy atom. The molecular formula is C19H20N2O5S. The van der Waals surface area contributed by atoms with Crippen molar-refractivity contribution in [2.24, 2.45) is 0 Å². The van der Waals surface area contributed by atoms with Gasteiger partial charge in [0.1, 0.15) is 6.04 Å². The van der Waals surface area contributed by atoms with Crippen molar-refractivity contribution in [3.63, 3.8) is 0 Å². The Morgan fingerprint density at radius 3 is 2.22 bits per heavy atom. The van der Waals surface area contributed by atoms with Crippen LogP contribution in [0.3, 0.4) is 0 Å². The van der Waals surface area contributed by atoms with E-state index < -0.39 is 28.7 Å². The van der Waals surface area contributed by atoms with E-state index in [9.17, 15) is 23.7 Å². The normalized spacial score (nSPS) is 12.6. The van der Waals surface area contributed by atoms with E-state index in [0.29, 0.717) is 10.6 Å². The van der Waals surface area contributed by atoms with E-state index >= 15 is 0 Å². The number of carboxylic acid groups (broad SMARTS) is 1. The first kappa shape index (κ1) is 20.3. The van der Waals surface area contributed by atoms with Crippen molar-refractivity contribution in [1.29, 1.82) is 0 Å². The SMILES string of the molecule is CC(=O)Nc1ccc(C(=O)N[C@@H](CC[S@](=O)c2ccccc2)C(=O)O)cc1. The van der Waals surface area contributed by atoms with Gasteiger partial charge in [-0.2, -0.15) is 0 Å². The molecule has 8 heteroatoms. The van der Waals surface area contributed by atoms with Gasteiger partial charge in [0.2, 0.25) is 5.91 Å². The van der Waals surface area contributed by atoms with E-state index in [1.807, 2.05) is 0 Å². The summed E-state index contributed by atoms with van der Waals surface area (Å²) in [5.74, 6) is -1.86. The molecule has 0 aliphatic rings. The largest absolute Gasteiger partial charge is 0.480 e. The molecule has 2 rings (SSSR count). The van der Waals surface area contributed by atoms with Gasteiger partial charge in [-0.25, -0.2) is 4.79 Å². The predicted octanol–water partition coefficient (Wildman–Crippen LogP) is 2.03. The molecule has 0 aromatic heterocycles. The molecule has 0 spiro atoms. The van der Waals surface area contributed by atoms with Gasteiger partial charge >= 0.3 is 5.97 Å². The Bertz CT molecular complexity index is 837. The molecule has 0 aliphatic carbocycles. The van der Waals surface area contributed by atoms with Crippen LogP contribution in [-0.2, 0) is 20.4 Å². The number of hydrogen-bond acceptors (Lipinski definition) is 4. The van der Waals surface area contributed by atoms with Crippen molar-refractivity contribution < 1.29 is 23.7 Å². The zero-order chi connectivity index (χ0) is 19.8. The van der Waals surface area contributed by atoms with E-state index in [2.05, 4.69) is 10.6 Å². The topological polar surface area (TPSA) is 113 Å². The van der Waals surface area contributed by atoms with Gasteiger partial charge in [-0.15, -0.1) is 0 Å². The molecule has 0 saturated carbocycles. The number of hydrogen-bond donors (Lipinski definition) is 3. The molecule has 0 saturated heterocycles. The summed E-state index contributed by atoms with van der Waals surface area (Å²) in [6.45, 7) is 1.37. The molecule has 7 nitrogen and oxygen atoms in total. The quantitative estimate of drug-likeness (QED) is 0.640. The van der Waals surface area contributed by atoms with Crippen LogP contribution < -0.4 is 10.6 Å². The Labute approximate surface area is 159 Å². The molecule has 0 bridgehead atoms. The number of carbonyl (C=O) groups excluding carboxylic acids is 2. The third-order valence-corrected chi connectivity index (χ3v) is 5.07. The van der Waals surface area contributed by atoms with Gasteiger partial charge in [0, 0.05) is 28.8 Å². The number of rotatable bonds is 8. The number of benzene rings is 2. The van der Waals surface area contributed by atoms with Crippen LogP contribution in [0.4, 0.5) is 5.69 Å². The molecule has 2 aromatic rings. The molecule has 2 aromatic carbocycles. The number of anilines is 1. The van der Waals surface area contributed by atoms with Crippen LogP contribution in [-0.4, -0.2) is 38.9 Å². The zero-order valence-electron chi connectivity index (χ0n) is 14.7. The first-order valence-corrected chi connectivity index (χ1v) is 9.53. The Kier molecular flexibility index (Phi) is 7.25. The highest BCUT2D eigenvalue weighted by Crippen LogP contribution is 2.11. The molecule has 0 heterocycles. The predicted molar refractivity (Wildman–Crippen MR) is 102 cm³/mol. The second kappa shape index (κ2) is 9.63. The fourth-order valence-electron chi connectivity index (χ4n) is 2.32. The minimum Gasteiger partial charge on any atom is -0.480 e. The Morgan fingerprint density at radius 1 is 1.04 bits per heavy atom. The average Bonchev–Trinajstić information content (AvgIpc) is 2.65. The molecule has 3 N–H and O–H groups in total. The Hall–Kier alpha value is -3.00. The highest BCUT2D eigenvalue weighted by atomic mass is 32.2. The summed E-state index contributed by atoms with van der Waals surface area (Å²) in [6.07, 6.45) is 0.0343. The van der Waals surface area contributed by atoms with Crippen molar-refractivity contribution in [2.75, 3.05) is 11.1 Å². The molecule has 0 radical (unpaired) electrons. The fraction of sp³-hybridized carbons (Fsp3) is 0.211. The lowest BCUT2D eigenvalue weighted by Crippen LogP contribution is -2.41. The van der Waals surface area contributed by atoms with Crippen LogP contribution in [0.1, 0.15) is 23.7 Å². The lowest BCUT2D eigenvalue weighted by molar-refractivity contribution is -0.139. The summed E-state index contributed by atoms with van der Waals surface area (Å²) in [6, 6.07) is 13.7. The maximum Gasteiger partial charge on any atom is 0.326 e. The monoisotopic (exact) mass is 388 g/mol. The molecule has 27 heavy (non-hydrogen) atoms. The molecule has 2 amide bonds. The molecule has 0 aliphatic heterocycles. The third kappa shape index (κ3) is 6.34. The number of carboxylic acids is 1. The van der Waals surface area contributed by atoms with Gasteiger partial charge in [0.25, 0.3) is 5.91 Å². The summed E-state index contributed by atoms with van der Waals surface area (Å²) < 4.78 is 12.2. The van der Waals surface area contributed by atoms with E-state index in [1.165, 1.54) is 19.1 Å². The second-order valence-electron chi connectivity index (χ2n) is 5.77. The van der Waals surface area contributed by atoms with Crippen LogP contribution in [0.2, 0.25) is 0 Å². The lowest BCUT2D eigenvalue weighted by atomic mass is 10.1. The number of amides is 2. The van der Waals surface area contributed by atoms with Gasteiger partial charge in [0.05, 0.1) is 10.8 Å². The minimum atomic E-state index is -1.34. The smallest absolute Gasteiger partial charge is 0.326 e. The van der Waals surface area contributed by atoms with E-state index in [0.717, 1.165) is 0 Å². The van der Waals surface area contributed by atoms with Crippen LogP contribution in [0.15, 0.2) is 59.5 Å². The van der Waals surface area contributed by atoms with Crippen molar-refractivity contribution in [3.05, 3.63) is 60.2 Å². The zero-order valence-corrected chi connectivity index (χ0v) is 15.5. The first-order chi connectivity index (χ1) is 12.9. The molecule has 2 atom stereocenters. The van der Waals surface area contributed by atoms with Crippen LogP contribution in [0.25, 0.3) is 0 Å². The number of nitrogens with one attached hydrogen (secondary N) is 2. The van der Waals surface area contributed by atoms with Gasteiger partial charge in [-0.1, -0.05) is 18.2 Å². The molecule has 0 fully saturated rings. The van der Waals surface area contributed by atoms with E-state index in [4.69, 9.17) is 0 Å². The standard InChI is InChI=1S/C19H20N2O5S/c1-13(22)20-15-9-7-14(8-10-15)18(23)21-17(19(24)25)11-12-27(26)16-5-3-2-4-6-16/h2-10,17H,11-12H2,1H3,(H,20,22)(H,21,23)(H,24,25)/t17-,27-/m0/s1. The highest BCUT2D eigenvalue weighted by Gasteiger charge is 2.21. The van der Waals surface area contributed by atoms with Crippen LogP contribution in [0.5, 0.6) is 0 Å². The number of aliphatic carboxylic acids is 1. The fourth-order valence-corrected chi connectivity index (χ4v) is 3.47. The highest BCUT2D eigenvalue weighted by molar-refractivity contribution is 7.85. The summed E-state index contributed by atoms with van der Waals surface area (Å²) in [7, 11) is -1.34.